The molecule has 0 aliphatic carbocycles. The van der Waals surface area contributed by atoms with Crippen LogP contribution >= 0.6 is 12.4 Å². The first-order valence-electron chi connectivity index (χ1n) is 8.40. The third-order valence-electron chi connectivity index (χ3n) is 4.32. The Morgan fingerprint density at radius 2 is 2.04 bits per heavy atom. The number of hydrogen-bond donors (Lipinski definition) is 2. The first-order valence-corrected chi connectivity index (χ1v) is 8.40. The Hall–Kier alpha value is -2.44. The van der Waals surface area contributed by atoms with Crippen molar-refractivity contribution in [2.75, 3.05) is 19.6 Å². The molecule has 2 heterocycles. The van der Waals surface area contributed by atoms with Crippen LogP contribution in [0.4, 0.5) is 0 Å². The Balaban J connectivity index is 0.00000243. The van der Waals surface area contributed by atoms with Crippen molar-refractivity contribution in [1.29, 1.82) is 0 Å². The second-order valence-corrected chi connectivity index (χ2v) is 6.11. The van der Waals surface area contributed by atoms with Crippen LogP contribution in [0.1, 0.15) is 34.5 Å². The zero-order valence-electron chi connectivity index (χ0n) is 14.6. The van der Waals surface area contributed by atoms with Gasteiger partial charge in [-0.25, -0.2) is 0 Å². The molecular formula is C19H23ClN4O2. The van der Waals surface area contributed by atoms with E-state index in [0.717, 1.165) is 24.2 Å². The van der Waals surface area contributed by atoms with Crippen LogP contribution in [0.25, 0.3) is 0 Å². The van der Waals surface area contributed by atoms with E-state index in [-0.39, 0.29) is 30.3 Å². The molecule has 0 radical (unpaired) electrons. The summed E-state index contributed by atoms with van der Waals surface area (Å²) >= 11 is 0. The van der Waals surface area contributed by atoms with Gasteiger partial charge in [0.05, 0.1) is 6.04 Å². The molecule has 7 heteroatoms. The molecule has 3 rings (SSSR count). The zero-order chi connectivity index (χ0) is 17.6. The Kier molecular flexibility index (Phi) is 7.12. The van der Waals surface area contributed by atoms with Gasteiger partial charge in [0.15, 0.2) is 0 Å². The normalized spacial score (nSPS) is 16.5. The quantitative estimate of drug-likeness (QED) is 0.857. The molecule has 26 heavy (non-hydrogen) atoms. The minimum atomic E-state index is -0.0692. The van der Waals surface area contributed by atoms with Gasteiger partial charge in [-0.1, -0.05) is 18.2 Å². The number of nitrogens with one attached hydrogen (secondary N) is 2. The summed E-state index contributed by atoms with van der Waals surface area (Å²) in [6, 6.07) is 11.3. The summed E-state index contributed by atoms with van der Waals surface area (Å²) in [7, 11) is 0. The molecule has 2 N–H and O–H groups in total. The van der Waals surface area contributed by atoms with E-state index < -0.39 is 0 Å². The van der Waals surface area contributed by atoms with Crippen LogP contribution in [-0.4, -0.2) is 41.3 Å². The van der Waals surface area contributed by atoms with Gasteiger partial charge in [0.25, 0.3) is 5.91 Å². The van der Waals surface area contributed by atoms with Gasteiger partial charge in [-0.05, 0) is 29.3 Å². The first-order chi connectivity index (χ1) is 12.1. The zero-order valence-corrected chi connectivity index (χ0v) is 15.5. The molecule has 1 saturated heterocycles. The number of amides is 2. The number of carbonyl (C=O) groups is 2. The van der Waals surface area contributed by atoms with Crippen molar-refractivity contribution >= 4 is 24.2 Å². The van der Waals surface area contributed by atoms with Crippen LogP contribution < -0.4 is 10.6 Å². The largest absolute Gasteiger partial charge is 0.352 e. The lowest BCUT2D eigenvalue weighted by Crippen LogP contribution is -2.48. The average Bonchev–Trinajstić information content (AvgIpc) is 2.67. The van der Waals surface area contributed by atoms with Crippen molar-refractivity contribution in [3.05, 3.63) is 65.5 Å². The summed E-state index contributed by atoms with van der Waals surface area (Å²) in [4.78, 5) is 30.0. The minimum absolute atomic E-state index is 0. The highest BCUT2D eigenvalue weighted by Crippen LogP contribution is 2.23. The van der Waals surface area contributed by atoms with Crippen molar-refractivity contribution in [2.24, 2.45) is 0 Å². The summed E-state index contributed by atoms with van der Waals surface area (Å²) in [6.07, 6.45) is 3.55. The van der Waals surface area contributed by atoms with E-state index in [4.69, 9.17) is 0 Å². The van der Waals surface area contributed by atoms with Crippen molar-refractivity contribution in [3.8, 4) is 0 Å². The molecule has 1 aliphatic rings. The number of benzene rings is 1. The van der Waals surface area contributed by atoms with E-state index in [2.05, 4.69) is 15.6 Å². The van der Waals surface area contributed by atoms with E-state index in [0.29, 0.717) is 18.7 Å². The number of piperazine rings is 1. The third-order valence-corrected chi connectivity index (χ3v) is 4.32. The van der Waals surface area contributed by atoms with E-state index in [1.807, 2.05) is 47.5 Å². The lowest BCUT2D eigenvalue weighted by Gasteiger charge is -2.36. The Labute approximate surface area is 159 Å². The van der Waals surface area contributed by atoms with Crippen LogP contribution in [-0.2, 0) is 11.3 Å². The second kappa shape index (κ2) is 9.31. The van der Waals surface area contributed by atoms with E-state index in [1.165, 1.54) is 6.92 Å². The Morgan fingerprint density at radius 3 is 2.69 bits per heavy atom. The van der Waals surface area contributed by atoms with Crippen LogP contribution in [0.3, 0.4) is 0 Å². The topological polar surface area (TPSA) is 74.3 Å². The maximum Gasteiger partial charge on any atom is 0.254 e. The van der Waals surface area contributed by atoms with Gasteiger partial charge in [0.1, 0.15) is 0 Å². The van der Waals surface area contributed by atoms with Crippen molar-refractivity contribution in [3.63, 3.8) is 0 Å². The monoisotopic (exact) mass is 374 g/mol. The molecule has 1 aromatic carbocycles. The lowest BCUT2D eigenvalue weighted by molar-refractivity contribution is -0.119. The highest BCUT2D eigenvalue weighted by molar-refractivity contribution is 5.94. The van der Waals surface area contributed by atoms with Gasteiger partial charge >= 0.3 is 0 Å². The summed E-state index contributed by atoms with van der Waals surface area (Å²) in [5, 5.41) is 6.10. The number of aromatic nitrogens is 1. The van der Waals surface area contributed by atoms with Crippen LogP contribution in [0.2, 0.25) is 0 Å². The van der Waals surface area contributed by atoms with Gasteiger partial charge in [0.2, 0.25) is 5.91 Å². The van der Waals surface area contributed by atoms with Crippen LogP contribution in [0, 0.1) is 0 Å². The molecule has 6 nitrogen and oxygen atoms in total. The smallest absolute Gasteiger partial charge is 0.254 e. The average molecular weight is 375 g/mol. The van der Waals surface area contributed by atoms with Gasteiger partial charge in [0, 0.05) is 51.1 Å². The standard InChI is InChI=1S/C19H22N4O2.ClH/c1-14(24)22-11-15-4-6-16(7-5-15)19(25)23-10-9-21-13-18(23)17-3-2-8-20-12-17;/h2-8,12,18,21H,9-11,13H2,1H3,(H,22,24);1H. The summed E-state index contributed by atoms with van der Waals surface area (Å²) in [5.41, 5.74) is 2.66. The number of nitrogens with zero attached hydrogens (tertiary/aromatic N) is 2. The molecule has 0 saturated carbocycles. The lowest BCUT2D eigenvalue weighted by atomic mass is 10.0. The maximum atomic E-state index is 13.0. The molecule has 0 spiro atoms. The molecule has 1 aromatic heterocycles. The highest BCUT2D eigenvalue weighted by Gasteiger charge is 2.28. The van der Waals surface area contributed by atoms with E-state index in [1.54, 1.807) is 6.20 Å². The molecule has 1 aliphatic heterocycles. The molecule has 1 unspecified atom stereocenters. The minimum Gasteiger partial charge on any atom is -0.352 e. The van der Waals surface area contributed by atoms with E-state index >= 15 is 0 Å². The molecular weight excluding hydrogens is 352 g/mol. The number of pyridine rings is 1. The number of rotatable bonds is 4. The van der Waals surface area contributed by atoms with Crippen molar-refractivity contribution in [2.45, 2.75) is 19.5 Å². The third kappa shape index (κ3) is 4.80. The molecule has 2 aromatic rings. The Morgan fingerprint density at radius 1 is 1.27 bits per heavy atom. The summed E-state index contributed by atoms with van der Waals surface area (Å²) in [5.74, 6) is -0.0540. The van der Waals surface area contributed by atoms with Crippen LogP contribution in [0.15, 0.2) is 48.8 Å². The fourth-order valence-corrected chi connectivity index (χ4v) is 2.98. The second-order valence-electron chi connectivity index (χ2n) is 6.11. The summed E-state index contributed by atoms with van der Waals surface area (Å²) in [6.45, 7) is 4.11. The SMILES string of the molecule is CC(=O)NCc1ccc(C(=O)N2CCNCC2c2cccnc2)cc1.Cl. The van der Waals surface area contributed by atoms with Crippen molar-refractivity contribution in [1.82, 2.24) is 20.5 Å². The van der Waals surface area contributed by atoms with Crippen molar-refractivity contribution < 1.29 is 9.59 Å². The molecule has 2 amide bonds. The number of hydrogen-bond acceptors (Lipinski definition) is 4. The predicted molar refractivity (Wildman–Crippen MR) is 102 cm³/mol. The molecule has 138 valence electrons. The first kappa shape index (κ1) is 19.9. The van der Waals surface area contributed by atoms with Gasteiger partial charge in [-0.3, -0.25) is 14.6 Å². The molecule has 0 bridgehead atoms. The highest BCUT2D eigenvalue weighted by atomic mass is 35.5. The maximum absolute atomic E-state index is 13.0. The molecule has 1 atom stereocenters. The van der Waals surface area contributed by atoms with Gasteiger partial charge in [-0.2, -0.15) is 0 Å². The fourth-order valence-electron chi connectivity index (χ4n) is 2.98. The number of carbonyl (C=O) groups excluding carboxylic acids is 2. The van der Waals surface area contributed by atoms with Gasteiger partial charge < -0.3 is 15.5 Å². The molecule has 1 fully saturated rings. The van der Waals surface area contributed by atoms with Gasteiger partial charge in [-0.15, -0.1) is 12.4 Å². The summed E-state index contributed by atoms with van der Waals surface area (Å²) < 4.78 is 0. The predicted octanol–water partition coefficient (Wildman–Crippen LogP) is 1.93. The fraction of sp³-hybridized carbons (Fsp3) is 0.316. The number of halogens is 1. The van der Waals surface area contributed by atoms with E-state index in [9.17, 15) is 9.59 Å². The van der Waals surface area contributed by atoms with Crippen LogP contribution in [0.5, 0.6) is 0 Å². The Bertz CT molecular complexity index is 737.